The highest BCUT2D eigenvalue weighted by atomic mass is 15.3. The number of hydrogen-bond acceptors (Lipinski definition) is 3. The number of fused-ring (bicyclic) bond motifs is 1. The molecule has 3 rings (SSSR count). The molecule has 3 aromatic heterocycles. The third-order valence-corrected chi connectivity index (χ3v) is 3.12. The zero-order valence-electron chi connectivity index (χ0n) is 11.2. The van der Waals surface area contributed by atoms with E-state index in [0.717, 1.165) is 29.9 Å². The molecule has 19 heavy (non-hydrogen) atoms. The first-order valence-electron chi connectivity index (χ1n) is 6.55. The lowest BCUT2D eigenvalue weighted by Crippen LogP contribution is -2.01. The van der Waals surface area contributed by atoms with E-state index in [4.69, 9.17) is 0 Å². The summed E-state index contributed by atoms with van der Waals surface area (Å²) >= 11 is 0. The third kappa shape index (κ3) is 2.50. The van der Waals surface area contributed by atoms with Gasteiger partial charge in [-0.25, -0.2) is 9.50 Å². The molecule has 0 spiro atoms. The van der Waals surface area contributed by atoms with Gasteiger partial charge in [-0.05, 0) is 24.5 Å². The molecule has 5 heteroatoms. The van der Waals surface area contributed by atoms with Crippen molar-refractivity contribution in [2.45, 2.75) is 26.8 Å². The van der Waals surface area contributed by atoms with Gasteiger partial charge < -0.3 is 0 Å². The monoisotopic (exact) mass is 255 g/mol. The van der Waals surface area contributed by atoms with Crippen LogP contribution in [-0.2, 0) is 6.54 Å². The summed E-state index contributed by atoms with van der Waals surface area (Å²) in [4.78, 5) is 4.19. The molecule has 0 saturated heterocycles. The minimum Gasteiger partial charge on any atom is -0.272 e. The maximum atomic E-state index is 4.51. The van der Waals surface area contributed by atoms with Gasteiger partial charge in [-0.3, -0.25) is 4.68 Å². The van der Waals surface area contributed by atoms with E-state index in [9.17, 15) is 0 Å². The van der Waals surface area contributed by atoms with Crippen molar-refractivity contribution in [3.8, 4) is 11.3 Å². The van der Waals surface area contributed by atoms with Crippen molar-refractivity contribution in [2.24, 2.45) is 5.92 Å². The Morgan fingerprint density at radius 1 is 1.26 bits per heavy atom. The molecule has 0 bridgehead atoms. The number of rotatable bonds is 4. The Balaban J connectivity index is 1.85. The molecule has 0 aliphatic carbocycles. The average Bonchev–Trinajstić information content (AvgIpc) is 3.04. The zero-order chi connectivity index (χ0) is 13.2. The van der Waals surface area contributed by atoms with Gasteiger partial charge in [0.15, 0.2) is 5.65 Å². The van der Waals surface area contributed by atoms with Crippen LogP contribution in [-0.4, -0.2) is 24.4 Å². The van der Waals surface area contributed by atoms with Crippen LogP contribution in [0.5, 0.6) is 0 Å². The second-order valence-corrected chi connectivity index (χ2v) is 5.12. The van der Waals surface area contributed by atoms with E-state index in [1.807, 2.05) is 35.4 Å². The summed E-state index contributed by atoms with van der Waals surface area (Å²) in [6.07, 6.45) is 8.65. The SMILES string of the molecule is CC(C)CCn1cc(-c2ccc3nccn3n2)cn1. The lowest BCUT2D eigenvalue weighted by molar-refractivity contribution is 0.487. The van der Waals surface area contributed by atoms with Crippen LogP contribution < -0.4 is 0 Å². The van der Waals surface area contributed by atoms with Gasteiger partial charge in [0.2, 0.25) is 0 Å². The molecule has 0 unspecified atom stereocenters. The molecule has 0 aliphatic heterocycles. The minimum atomic E-state index is 0.688. The van der Waals surface area contributed by atoms with Gasteiger partial charge in [0.1, 0.15) is 0 Å². The summed E-state index contributed by atoms with van der Waals surface area (Å²) in [6.45, 7) is 5.39. The second-order valence-electron chi connectivity index (χ2n) is 5.12. The lowest BCUT2D eigenvalue weighted by Gasteiger charge is -2.03. The lowest BCUT2D eigenvalue weighted by atomic mass is 10.1. The van der Waals surface area contributed by atoms with Crippen molar-refractivity contribution < 1.29 is 0 Å². The van der Waals surface area contributed by atoms with Crippen LogP contribution in [0.2, 0.25) is 0 Å². The van der Waals surface area contributed by atoms with Gasteiger partial charge in [0, 0.05) is 30.7 Å². The minimum absolute atomic E-state index is 0.688. The van der Waals surface area contributed by atoms with Gasteiger partial charge in [0.05, 0.1) is 11.9 Å². The first-order valence-corrected chi connectivity index (χ1v) is 6.55. The molecule has 3 heterocycles. The second kappa shape index (κ2) is 4.84. The van der Waals surface area contributed by atoms with E-state index < -0.39 is 0 Å². The normalized spacial score (nSPS) is 11.5. The summed E-state index contributed by atoms with van der Waals surface area (Å²) in [6, 6.07) is 3.94. The predicted molar refractivity (Wildman–Crippen MR) is 73.7 cm³/mol. The first-order chi connectivity index (χ1) is 9.22. The van der Waals surface area contributed by atoms with Crippen LogP contribution >= 0.6 is 0 Å². The van der Waals surface area contributed by atoms with Crippen LogP contribution in [0.3, 0.4) is 0 Å². The predicted octanol–water partition coefficient (Wildman–Crippen LogP) is 2.64. The van der Waals surface area contributed by atoms with Crippen molar-refractivity contribution in [3.63, 3.8) is 0 Å². The Kier molecular flexibility index (Phi) is 3.03. The van der Waals surface area contributed by atoms with Crippen LogP contribution in [0, 0.1) is 5.92 Å². The Bertz CT molecular complexity index is 680. The fourth-order valence-electron chi connectivity index (χ4n) is 1.98. The molecule has 0 fully saturated rings. The zero-order valence-corrected chi connectivity index (χ0v) is 11.2. The Labute approximate surface area is 111 Å². The van der Waals surface area contributed by atoms with Gasteiger partial charge in [0.25, 0.3) is 0 Å². The van der Waals surface area contributed by atoms with E-state index in [0.29, 0.717) is 5.92 Å². The van der Waals surface area contributed by atoms with Crippen LogP contribution in [0.15, 0.2) is 36.9 Å². The largest absolute Gasteiger partial charge is 0.272 e. The highest BCUT2D eigenvalue weighted by Crippen LogP contribution is 2.16. The molecule has 0 amide bonds. The quantitative estimate of drug-likeness (QED) is 0.720. The molecule has 0 aromatic carbocycles. The fraction of sp³-hybridized carbons (Fsp3) is 0.357. The van der Waals surface area contributed by atoms with Gasteiger partial charge >= 0.3 is 0 Å². The van der Waals surface area contributed by atoms with E-state index >= 15 is 0 Å². The summed E-state index contributed by atoms with van der Waals surface area (Å²) in [5, 5.41) is 8.90. The maximum absolute atomic E-state index is 4.51. The van der Waals surface area contributed by atoms with Crippen molar-refractivity contribution in [3.05, 3.63) is 36.9 Å². The summed E-state index contributed by atoms with van der Waals surface area (Å²) in [5.74, 6) is 0.688. The molecular weight excluding hydrogens is 238 g/mol. The maximum Gasteiger partial charge on any atom is 0.153 e. The van der Waals surface area contributed by atoms with Crippen LogP contribution in [0.25, 0.3) is 16.9 Å². The van der Waals surface area contributed by atoms with Crippen molar-refractivity contribution in [1.82, 2.24) is 24.4 Å². The fourth-order valence-corrected chi connectivity index (χ4v) is 1.98. The average molecular weight is 255 g/mol. The standard InChI is InChI=1S/C14H17N5/c1-11(2)5-7-18-10-12(9-16-18)13-3-4-14-15-6-8-19(14)17-13/h3-4,6,8-11H,5,7H2,1-2H3. The number of aromatic nitrogens is 5. The number of nitrogens with zero attached hydrogens (tertiary/aromatic N) is 5. The molecule has 0 saturated carbocycles. The Morgan fingerprint density at radius 2 is 2.16 bits per heavy atom. The summed E-state index contributed by atoms with van der Waals surface area (Å²) in [7, 11) is 0. The van der Waals surface area contributed by atoms with Crippen molar-refractivity contribution >= 4 is 5.65 Å². The molecule has 0 atom stereocenters. The van der Waals surface area contributed by atoms with Gasteiger partial charge in [-0.1, -0.05) is 13.8 Å². The molecule has 5 nitrogen and oxygen atoms in total. The number of aryl methyl sites for hydroxylation is 1. The highest BCUT2D eigenvalue weighted by molar-refractivity contribution is 5.58. The third-order valence-electron chi connectivity index (χ3n) is 3.12. The van der Waals surface area contributed by atoms with Gasteiger partial charge in [-0.15, -0.1) is 0 Å². The Morgan fingerprint density at radius 3 is 3.00 bits per heavy atom. The van der Waals surface area contributed by atoms with Crippen molar-refractivity contribution in [2.75, 3.05) is 0 Å². The van der Waals surface area contributed by atoms with E-state index in [1.165, 1.54) is 0 Å². The van der Waals surface area contributed by atoms with E-state index in [2.05, 4.69) is 29.0 Å². The molecule has 98 valence electrons. The topological polar surface area (TPSA) is 48.0 Å². The number of imidazole rings is 1. The molecule has 0 aliphatic rings. The Hall–Kier alpha value is -2.17. The summed E-state index contributed by atoms with van der Waals surface area (Å²) in [5.41, 5.74) is 2.82. The first kappa shape index (κ1) is 11.9. The molecule has 3 aromatic rings. The summed E-state index contributed by atoms with van der Waals surface area (Å²) < 4.78 is 3.76. The van der Waals surface area contributed by atoms with Crippen LogP contribution in [0.4, 0.5) is 0 Å². The van der Waals surface area contributed by atoms with Crippen molar-refractivity contribution in [1.29, 1.82) is 0 Å². The molecule has 0 N–H and O–H groups in total. The van der Waals surface area contributed by atoms with Crippen LogP contribution in [0.1, 0.15) is 20.3 Å². The number of hydrogen-bond donors (Lipinski definition) is 0. The van der Waals surface area contributed by atoms with Gasteiger partial charge in [-0.2, -0.15) is 10.2 Å². The van der Waals surface area contributed by atoms with E-state index in [1.54, 1.807) is 10.7 Å². The van der Waals surface area contributed by atoms with E-state index in [-0.39, 0.29) is 0 Å². The molecular formula is C14H17N5. The smallest absolute Gasteiger partial charge is 0.153 e. The highest BCUT2D eigenvalue weighted by Gasteiger charge is 2.05. The molecule has 0 radical (unpaired) electrons.